The number of nitrogens with one attached hydrogen (secondary N) is 1. The summed E-state index contributed by atoms with van der Waals surface area (Å²) in [6.07, 6.45) is 0. The van der Waals surface area contributed by atoms with Crippen LogP contribution in [0.2, 0.25) is 0 Å². The zero-order valence-corrected chi connectivity index (χ0v) is 15.6. The maximum Gasteiger partial charge on any atom is 0.261 e. The number of hydrogen-bond donors (Lipinski definition) is 1. The number of ether oxygens (including phenoxy) is 1. The normalized spacial score (nSPS) is 11.0. The van der Waals surface area contributed by atoms with Crippen molar-refractivity contribution >= 4 is 59.3 Å². The average molecular weight is 413 g/mol. The number of rotatable bonds is 3. The molecular weight excluding hydrogens is 400 g/mol. The fourth-order valence-electron chi connectivity index (χ4n) is 2.68. The van der Waals surface area contributed by atoms with Crippen molar-refractivity contribution in [1.82, 2.24) is 4.98 Å². The molecule has 0 radical (unpaired) electrons. The summed E-state index contributed by atoms with van der Waals surface area (Å²) in [4.78, 5) is 17.2. The molecule has 1 N–H and O–H groups in total. The summed E-state index contributed by atoms with van der Waals surface area (Å²) in [6.45, 7) is 0. The van der Waals surface area contributed by atoms with Crippen LogP contribution in [0, 0.1) is 0 Å². The van der Waals surface area contributed by atoms with E-state index < -0.39 is 0 Å². The zero-order valence-electron chi connectivity index (χ0n) is 13.2. The van der Waals surface area contributed by atoms with E-state index in [1.54, 1.807) is 7.11 Å². The van der Waals surface area contributed by atoms with E-state index in [0.717, 1.165) is 25.5 Å². The number of anilines is 1. The van der Waals surface area contributed by atoms with E-state index in [2.05, 4.69) is 26.2 Å². The number of carbonyl (C=O) groups is 1. The molecule has 0 unspecified atom stereocenters. The van der Waals surface area contributed by atoms with Crippen molar-refractivity contribution in [3.05, 3.63) is 64.6 Å². The Balaban J connectivity index is 1.70. The van der Waals surface area contributed by atoms with Gasteiger partial charge < -0.3 is 4.74 Å². The van der Waals surface area contributed by atoms with Crippen LogP contribution in [0.3, 0.4) is 0 Å². The van der Waals surface area contributed by atoms with Crippen LogP contribution in [0.5, 0.6) is 5.75 Å². The number of thiazole rings is 1. The number of methoxy groups -OCH3 is 1. The molecule has 4 nitrogen and oxygen atoms in total. The molecule has 25 heavy (non-hydrogen) atoms. The minimum atomic E-state index is -0.235. The van der Waals surface area contributed by atoms with Gasteiger partial charge in [-0.3, -0.25) is 10.1 Å². The lowest BCUT2D eigenvalue weighted by Gasteiger charge is -2.09. The fraction of sp³-hybridized carbons (Fsp3) is 0.0526. The molecular formula is C19H13BrN2O2S. The standard InChI is InChI=1S/C19H13BrN2O2S/c1-24-16-9-12-5-3-2-4-11(12)8-14(16)18(23)22-19-21-15-7-6-13(20)10-17(15)25-19/h2-10H,1H3,(H,21,22,23). The predicted octanol–water partition coefficient (Wildman–Crippen LogP) is 5.47. The first-order valence-electron chi connectivity index (χ1n) is 7.58. The first-order chi connectivity index (χ1) is 12.1. The summed E-state index contributed by atoms with van der Waals surface area (Å²) in [6, 6.07) is 17.4. The van der Waals surface area contributed by atoms with Crippen LogP contribution in [0.1, 0.15) is 10.4 Å². The number of fused-ring (bicyclic) bond motifs is 2. The fourth-order valence-corrected chi connectivity index (χ4v) is 4.09. The summed E-state index contributed by atoms with van der Waals surface area (Å²) in [5, 5.41) is 5.46. The molecule has 1 aromatic heterocycles. The third-order valence-corrected chi connectivity index (χ3v) is 5.31. The predicted molar refractivity (Wildman–Crippen MR) is 106 cm³/mol. The van der Waals surface area contributed by atoms with Crippen LogP contribution < -0.4 is 10.1 Å². The average Bonchev–Trinajstić information content (AvgIpc) is 3.01. The van der Waals surface area contributed by atoms with Crippen molar-refractivity contribution in [3.63, 3.8) is 0 Å². The Morgan fingerprint density at radius 1 is 1.12 bits per heavy atom. The molecule has 0 fully saturated rings. The van der Waals surface area contributed by atoms with Crippen molar-refractivity contribution in [2.75, 3.05) is 12.4 Å². The van der Waals surface area contributed by atoms with E-state index in [0.29, 0.717) is 16.4 Å². The number of amides is 1. The van der Waals surface area contributed by atoms with Crippen LogP contribution in [0.4, 0.5) is 5.13 Å². The SMILES string of the molecule is COc1cc2ccccc2cc1C(=O)Nc1nc2ccc(Br)cc2s1. The highest BCUT2D eigenvalue weighted by Crippen LogP contribution is 2.30. The van der Waals surface area contributed by atoms with Crippen LogP contribution >= 0.6 is 27.3 Å². The smallest absolute Gasteiger partial charge is 0.261 e. The van der Waals surface area contributed by atoms with Crippen molar-refractivity contribution in [3.8, 4) is 5.75 Å². The summed E-state index contributed by atoms with van der Waals surface area (Å²) in [7, 11) is 1.57. The number of benzene rings is 3. The van der Waals surface area contributed by atoms with Gasteiger partial charge >= 0.3 is 0 Å². The number of halogens is 1. The van der Waals surface area contributed by atoms with E-state index in [1.165, 1.54) is 11.3 Å². The van der Waals surface area contributed by atoms with Gasteiger partial charge in [-0.25, -0.2) is 4.98 Å². The minimum Gasteiger partial charge on any atom is -0.496 e. The lowest BCUT2D eigenvalue weighted by Crippen LogP contribution is -2.13. The number of carbonyl (C=O) groups excluding carboxylic acids is 1. The van der Waals surface area contributed by atoms with E-state index >= 15 is 0 Å². The lowest BCUT2D eigenvalue weighted by molar-refractivity contribution is 0.102. The second-order valence-corrected chi connectivity index (χ2v) is 7.43. The number of aromatic nitrogens is 1. The van der Waals surface area contributed by atoms with Gasteiger partial charge in [0.05, 0.1) is 22.9 Å². The molecule has 1 amide bonds. The van der Waals surface area contributed by atoms with Crippen molar-refractivity contribution in [2.45, 2.75) is 0 Å². The summed E-state index contributed by atoms with van der Waals surface area (Å²) in [5.74, 6) is 0.306. The Kier molecular flexibility index (Phi) is 4.15. The molecule has 0 aliphatic rings. The first-order valence-corrected chi connectivity index (χ1v) is 9.19. The Labute approximate surface area is 156 Å². The van der Waals surface area contributed by atoms with Crippen molar-refractivity contribution in [2.24, 2.45) is 0 Å². The molecule has 0 aliphatic carbocycles. The third-order valence-electron chi connectivity index (χ3n) is 3.88. The molecule has 0 spiro atoms. The highest BCUT2D eigenvalue weighted by molar-refractivity contribution is 9.10. The Morgan fingerprint density at radius 3 is 2.64 bits per heavy atom. The van der Waals surface area contributed by atoms with Gasteiger partial charge in [-0.05, 0) is 41.1 Å². The summed E-state index contributed by atoms with van der Waals surface area (Å²) in [5.41, 5.74) is 1.34. The van der Waals surface area contributed by atoms with Gasteiger partial charge in [0.15, 0.2) is 5.13 Å². The minimum absolute atomic E-state index is 0.235. The molecule has 0 atom stereocenters. The van der Waals surface area contributed by atoms with Gasteiger partial charge in [-0.2, -0.15) is 0 Å². The Hall–Kier alpha value is -2.44. The Morgan fingerprint density at radius 2 is 1.88 bits per heavy atom. The molecule has 3 aromatic carbocycles. The van der Waals surface area contributed by atoms with E-state index in [4.69, 9.17) is 4.74 Å². The van der Waals surface area contributed by atoms with Gasteiger partial charge in [-0.15, -0.1) is 0 Å². The number of hydrogen-bond acceptors (Lipinski definition) is 4. The molecule has 0 saturated heterocycles. The second-order valence-electron chi connectivity index (χ2n) is 5.48. The molecule has 4 rings (SSSR count). The van der Waals surface area contributed by atoms with Crippen LogP contribution in [-0.2, 0) is 0 Å². The van der Waals surface area contributed by atoms with Gasteiger partial charge in [0.2, 0.25) is 0 Å². The molecule has 0 aliphatic heterocycles. The van der Waals surface area contributed by atoms with Crippen LogP contribution in [0.25, 0.3) is 21.0 Å². The Bertz CT molecular complexity index is 1110. The molecule has 124 valence electrons. The monoisotopic (exact) mass is 412 g/mol. The van der Waals surface area contributed by atoms with Crippen molar-refractivity contribution < 1.29 is 9.53 Å². The lowest BCUT2D eigenvalue weighted by atomic mass is 10.1. The summed E-state index contributed by atoms with van der Waals surface area (Å²) < 4.78 is 7.40. The van der Waals surface area contributed by atoms with Gasteiger partial charge in [0.1, 0.15) is 5.75 Å². The second kappa shape index (κ2) is 6.46. The summed E-state index contributed by atoms with van der Waals surface area (Å²) >= 11 is 4.88. The third kappa shape index (κ3) is 3.10. The van der Waals surface area contributed by atoms with E-state index in [1.807, 2.05) is 54.6 Å². The molecule has 1 heterocycles. The topological polar surface area (TPSA) is 51.2 Å². The van der Waals surface area contributed by atoms with Crippen molar-refractivity contribution in [1.29, 1.82) is 0 Å². The molecule has 6 heteroatoms. The van der Waals surface area contributed by atoms with Gasteiger partial charge in [0, 0.05) is 4.47 Å². The van der Waals surface area contributed by atoms with Crippen LogP contribution in [-0.4, -0.2) is 18.0 Å². The highest BCUT2D eigenvalue weighted by atomic mass is 79.9. The van der Waals surface area contributed by atoms with E-state index in [9.17, 15) is 4.79 Å². The molecule has 0 saturated carbocycles. The van der Waals surface area contributed by atoms with Gasteiger partial charge in [0.25, 0.3) is 5.91 Å². The largest absolute Gasteiger partial charge is 0.496 e. The maximum absolute atomic E-state index is 12.7. The first kappa shape index (κ1) is 16.1. The van der Waals surface area contributed by atoms with Gasteiger partial charge in [-0.1, -0.05) is 51.5 Å². The molecule has 0 bridgehead atoms. The maximum atomic E-state index is 12.7. The zero-order chi connectivity index (χ0) is 17.4. The van der Waals surface area contributed by atoms with E-state index in [-0.39, 0.29) is 5.91 Å². The highest BCUT2D eigenvalue weighted by Gasteiger charge is 2.16. The number of nitrogens with zero attached hydrogens (tertiary/aromatic N) is 1. The molecule has 4 aromatic rings. The van der Waals surface area contributed by atoms with Crippen LogP contribution in [0.15, 0.2) is 59.1 Å². The quantitative estimate of drug-likeness (QED) is 0.485.